The maximum Gasteiger partial charge on any atom is 0.239 e. The van der Waals surface area contributed by atoms with Gasteiger partial charge < -0.3 is 25.4 Å². The minimum absolute atomic E-state index is 0.0106. The zero-order valence-electron chi connectivity index (χ0n) is 18.3. The Hall–Kier alpha value is -2.44. The summed E-state index contributed by atoms with van der Waals surface area (Å²) in [5, 5.41) is 9.51. The van der Waals surface area contributed by atoms with Gasteiger partial charge in [-0.25, -0.2) is 0 Å². The highest BCUT2D eigenvalue weighted by atomic mass is 16.5. The van der Waals surface area contributed by atoms with Crippen LogP contribution < -0.4 is 25.4 Å². The first-order valence-electron chi connectivity index (χ1n) is 11.3. The number of rotatable bonds is 8. The van der Waals surface area contributed by atoms with Gasteiger partial charge in [0.05, 0.1) is 19.8 Å². The first-order chi connectivity index (χ1) is 14.7. The van der Waals surface area contributed by atoms with Crippen LogP contribution in [0, 0.1) is 0 Å². The van der Waals surface area contributed by atoms with Gasteiger partial charge in [0.25, 0.3) is 0 Å². The zero-order chi connectivity index (χ0) is 21.2. The lowest BCUT2D eigenvalue weighted by atomic mass is 9.95. The number of nitrogens with one attached hydrogen (secondary N) is 3. The topological polar surface area (TPSA) is 84.0 Å². The molecule has 166 valence electrons. The number of amides is 1. The molecule has 0 spiro atoms. The Bertz CT molecular complexity index is 710. The maximum atomic E-state index is 12.2. The molecule has 0 aliphatic heterocycles. The molecule has 0 radical (unpaired) electrons. The highest BCUT2D eigenvalue weighted by molar-refractivity contribution is 5.86. The van der Waals surface area contributed by atoms with Crippen LogP contribution in [0.4, 0.5) is 0 Å². The molecule has 0 unspecified atom stereocenters. The van der Waals surface area contributed by atoms with Gasteiger partial charge in [0.1, 0.15) is 0 Å². The average molecular weight is 417 g/mol. The number of carbonyl (C=O) groups excluding carboxylic acids is 1. The van der Waals surface area contributed by atoms with Crippen LogP contribution in [0.2, 0.25) is 0 Å². The predicted octanol–water partition coefficient (Wildman–Crippen LogP) is 3.13. The van der Waals surface area contributed by atoms with Crippen molar-refractivity contribution < 1.29 is 14.3 Å². The summed E-state index contributed by atoms with van der Waals surface area (Å²) in [5.41, 5.74) is 1.01. The number of nitrogens with zero attached hydrogens (tertiary/aromatic N) is 1. The fourth-order valence-electron chi connectivity index (χ4n) is 4.26. The van der Waals surface area contributed by atoms with Crippen molar-refractivity contribution in [3.8, 4) is 11.5 Å². The van der Waals surface area contributed by atoms with E-state index < -0.39 is 0 Å². The van der Waals surface area contributed by atoms with Crippen LogP contribution in [-0.2, 0) is 11.3 Å². The Morgan fingerprint density at radius 1 is 1.07 bits per heavy atom. The van der Waals surface area contributed by atoms with Crippen molar-refractivity contribution in [3.05, 3.63) is 23.8 Å². The summed E-state index contributed by atoms with van der Waals surface area (Å²) in [6.07, 6.45) is 10.7. The Morgan fingerprint density at radius 2 is 1.80 bits per heavy atom. The number of hydrogen-bond donors (Lipinski definition) is 3. The van der Waals surface area contributed by atoms with Gasteiger partial charge in [0.15, 0.2) is 17.5 Å². The van der Waals surface area contributed by atoms with Crippen molar-refractivity contribution in [1.29, 1.82) is 0 Å². The highest BCUT2D eigenvalue weighted by Crippen LogP contribution is 2.34. The summed E-state index contributed by atoms with van der Waals surface area (Å²) in [5.74, 6) is 2.14. The predicted molar refractivity (Wildman–Crippen MR) is 119 cm³/mol. The second kappa shape index (κ2) is 11.7. The second-order valence-electron chi connectivity index (χ2n) is 8.15. The molecule has 3 N–H and O–H groups in total. The molecule has 1 amide bonds. The van der Waals surface area contributed by atoms with Gasteiger partial charge in [-0.2, -0.15) is 0 Å². The molecule has 0 bridgehead atoms. The Balaban J connectivity index is 1.52. The van der Waals surface area contributed by atoms with Gasteiger partial charge in [-0.15, -0.1) is 0 Å². The standard InChI is InChI=1S/C23H36N4O3/c1-24-23(26-16-21(28)27-18-10-4-3-5-11-18)25-15-17-9-8-14-20(29-2)22(17)30-19-12-6-7-13-19/h8-9,14,18-19H,3-7,10-13,15-16H2,1-2H3,(H,27,28)(H2,24,25,26). The fourth-order valence-corrected chi connectivity index (χ4v) is 4.26. The van der Waals surface area contributed by atoms with Crippen molar-refractivity contribution >= 4 is 11.9 Å². The van der Waals surface area contributed by atoms with Gasteiger partial charge in [-0.1, -0.05) is 31.4 Å². The molecule has 0 atom stereocenters. The quantitative estimate of drug-likeness (QED) is 0.448. The normalized spacial score (nSPS) is 18.1. The molecule has 2 aliphatic rings. The van der Waals surface area contributed by atoms with Crippen LogP contribution in [0.15, 0.2) is 23.2 Å². The van der Waals surface area contributed by atoms with Crippen LogP contribution in [-0.4, -0.2) is 44.7 Å². The van der Waals surface area contributed by atoms with Crippen molar-refractivity contribution in [3.63, 3.8) is 0 Å². The number of ether oxygens (including phenoxy) is 2. The number of para-hydroxylation sites is 1. The molecular weight excluding hydrogens is 380 g/mol. The van der Waals surface area contributed by atoms with Crippen molar-refractivity contribution in [2.24, 2.45) is 4.99 Å². The Morgan fingerprint density at radius 3 is 2.50 bits per heavy atom. The minimum Gasteiger partial charge on any atom is -0.493 e. The number of aliphatic imine (C=N–C) groups is 1. The molecule has 2 aliphatic carbocycles. The molecule has 1 aromatic carbocycles. The highest BCUT2D eigenvalue weighted by Gasteiger charge is 2.21. The van der Waals surface area contributed by atoms with E-state index in [9.17, 15) is 4.79 Å². The molecule has 2 saturated carbocycles. The summed E-state index contributed by atoms with van der Waals surface area (Å²) in [6.45, 7) is 0.739. The summed E-state index contributed by atoms with van der Waals surface area (Å²) in [4.78, 5) is 16.5. The minimum atomic E-state index is 0.0106. The van der Waals surface area contributed by atoms with Gasteiger partial charge >= 0.3 is 0 Å². The largest absolute Gasteiger partial charge is 0.493 e. The van der Waals surface area contributed by atoms with E-state index >= 15 is 0 Å². The SMILES string of the molecule is CN=C(NCC(=O)NC1CCCCC1)NCc1cccc(OC)c1OC1CCCC1. The molecule has 30 heavy (non-hydrogen) atoms. The van der Waals surface area contributed by atoms with Crippen LogP contribution in [0.5, 0.6) is 11.5 Å². The third kappa shape index (κ3) is 6.54. The molecule has 7 nitrogen and oxygen atoms in total. The summed E-state index contributed by atoms with van der Waals surface area (Å²) >= 11 is 0. The van der Waals surface area contributed by atoms with E-state index in [-0.39, 0.29) is 18.6 Å². The molecule has 3 rings (SSSR count). The van der Waals surface area contributed by atoms with E-state index in [1.165, 1.54) is 32.1 Å². The number of hydrogen-bond acceptors (Lipinski definition) is 4. The van der Waals surface area contributed by atoms with Crippen LogP contribution in [0.3, 0.4) is 0 Å². The lowest BCUT2D eigenvalue weighted by Crippen LogP contribution is -2.45. The molecule has 0 saturated heterocycles. The van der Waals surface area contributed by atoms with Crippen molar-refractivity contribution in [2.75, 3.05) is 20.7 Å². The van der Waals surface area contributed by atoms with E-state index in [1.807, 2.05) is 18.2 Å². The van der Waals surface area contributed by atoms with Gasteiger partial charge in [0, 0.05) is 25.2 Å². The molecule has 1 aromatic rings. The number of methoxy groups -OCH3 is 1. The summed E-state index contributed by atoms with van der Waals surface area (Å²) < 4.78 is 11.8. The first kappa shape index (κ1) is 22.2. The van der Waals surface area contributed by atoms with Gasteiger partial charge in [0.2, 0.25) is 5.91 Å². The fraction of sp³-hybridized carbons (Fsp3) is 0.652. The molecule has 2 fully saturated rings. The van der Waals surface area contributed by atoms with Crippen LogP contribution >= 0.6 is 0 Å². The van der Waals surface area contributed by atoms with E-state index in [0.717, 1.165) is 42.7 Å². The molecule has 0 aromatic heterocycles. The van der Waals surface area contributed by atoms with E-state index in [1.54, 1.807) is 14.2 Å². The second-order valence-corrected chi connectivity index (χ2v) is 8.15. The summed E-state index contributed by atoms with van der Waals surface area (Å²) in [7, 11) is 3.37. The third-order valence-electron chi connectivity index (χ3n) is 5.92. The molecular formula is C23H36N4O3. The smallest absolute Gasteiger partial charge is 0.239 e. The number of carbonyl (C=O) groups is 1. The number of guanidine groups is 1. The van der Waals surface area contributed by atoms with Crippen molar-refractivity contribution in [1.82, 2.24) is 16.0 Å². The van der Waals surface area contributed by atoms with Crippen molar-refractivity contribution in [2.45, 2.75) is 76.5 Å². The molecule has 7 heteroatoms. The van der Waals surface area contributed by atoms with E-state index in [0.29, 0.717) is 18.5 Å². The lowest BCUT2D eigenvalue weighted by molar-refractivity contribution is -0.120. The maximum absolute atomic E-state index is 12.2. The average Bonchev–Trinajstić information content (AvgIpc) is 3.28. The van der Waals surface area contributed by atoms with Gasteiger partial charge in [-0.05, 0) is 44.6 Å². The number of benzene rings is 1. The van der Waals surface area contributed by atoms with Crippen LogP contribution in [0.25, 0.3) is 0 Å². The lowest BCUT2D eigenvalue weighted by Gasteiger charge is -2.23. The monoisotopic (exact) mass is 416 g/mol. The zero-order valence-corrected chi connectivity index (χ0v) is 18.3. The first-order valence-corrected chi connectivity index (χ1v) is 11.3. The molecule has 0 heterocycles. The van der Waals surface area contributed by atoms with Crippen LogP contribution in [0.1, 0.15) is 63.4 Å². The summed E-state index contributed by atoms with van der Waals surface area (Å²) in [6, 6.07) is 6.24. The Labute approximate surface area is 180 Å². The Kier molecular flexibility index (Phi) is 8.66. The van der Waals surface area contributed by atoms with Gasteiger partial charge in [-0.3, -0.25) is 9.79 Å². The third-order valence-corrected chi connectivity index (χ3v) is 5.92. The van der Waals surface area contributed by atoms with E-state index in [4.69, 9.17) is 9.47 Å². The van der Waals surface area contributed by atoms with E-state index in [2.05, 4.69) is 20.9 Å².